The molecule has 0 saturated heterocycles. The second-order valence-corrected chi connectivity index (χ2v) is 3.82. The third-order valence-corrected chi connectivity index (χ3v) is 2.61. The standard InChI is InChI=1S/C15H14N2O/c1-12(13-8-4-2-5-9-13)17(15(16)18)14-10-6-3-7-11-14/h2-11H,1H2,(H2,16,18). The monoisotopic (exact) mass is 238 g/mol. The van der Waals surface area contributed by atoms with Crippen LogP contribution in [0.2, 0.25) is 0 Å². The maximum Gasteiger partial charge on any atom is 0.323 e. The molecule has 0 unspecified atom stereocenters. The van der Waals surface area contributed by atoms with Crippen molar-refractivity contribution in [2.24, 2.45) is 5.73 Å². The van der Waals surface area contributed by atoms with Crippen molar-refractivity contribution in [2.75, 3.05) is 4.90 Å². The van der Waals surface area contributed by atoms with Crippen molar-refractivity contribution in [3.8, 4) is 0 Å². The number of anilines is 1. The molecule has 0 aliphatic rings. The smallest absolute Gasteiger partial charge is 0.323 e. The van der Waals surface area contributed by atoms with E-state index >= 15 is 0 Å². The summed E-state index contributed by atoms with van der Waals surface area (Å²) in [5.41, 5.74) is 7.57. The molecule has 0 bridgehead atoms. The molecule has 0 saturated carbocycles. The Morgan fingerprint density at radius 1 is 0.944 bits per heavy atom. The van der Waals surface area contributed by atoms with E-state index in [4.69, 9.17) is 5.73 Å². The normalized spacial score (nSPS) is 9.78. The highest BCUT2D eigenvalue weighted by Gasteiger charge is 2.16. The van der Waals surface area contributed by atoms with Gasteiger partial charge in [0, 0.05) is 0 Å². The first kappa shape index (κ1) is 11.9. The van der Waals surface area contributed by atoms with Gasteiger partial charge in [-0.3, -0.25) is 4.90 Å². The van der Waals surface area contributed by atoms with Crippen LogP contribution in [0.4, 0.5) is 10.5 Å². The van der Waals surface area contributed by atoms with Crippen molar-refractivity contribution in [1.82, 2.24) is 0 Å². The van der Waals surface area contributed by atoms with Crippen molar-refractivity contribution in [1.29, 1.82) is 0 Å². The molecule has 2 aromatic rings. The minimum absolute atomic E-state index is 0.546. The van der Waals surface area contributed by atoms with Gasteiger partial charge in [0.2, 0.25) is 0 Å². The van der Waals surface area contributed by atoms with Crippen LogP contribution >= 0.6 is 0 Å². The second-order valence-electron chi connectivity index (χ2n) is 3.82. The van der Waals surface area contributed by atoms with Gasteiger partial charge in [-0.25, -0.2) is 4.79 Å². The highest BCUT2D eigenvalue weighted by molar-refractivity contribution is 6.03. The molecule has 2 rings (SSSR count). The van der Waals surface area contributed by atoms with E-state index in [1.165, 1.54) is 4.90 Å². The summed E-state index contributed by atoms with van der Waals surface area (Å²) in [6, 6.07) is 18.2. The van der Waals surface area contributed by atoms with Crippen molar-refractivity contribution in [3.05, 3.63) is 72.8 Å². The van der Waals surface area contributed by atoms with Crippen LogP contribution in [0.1, 0.15) is 5.56 Å². The molecule has 90 valence electrons. The molecule has 0 fully saturated rings. The van der Waals surface area contributed by atoms with Crippen molar-refractivity contribution < 1.29 is 4.79 Å². The van der Waals surface area contributed by atoms with Crippen LogP contribution in [0, 0.1) is 0 Å². The van der Waals surface area contributed by atoms with E-state index in [0.29, 0.717) is 11.4 Å². The highest BCUT2D eigenvalue weighted by atomic mass is 16.2. The van der Waals surface area contributed by atoms with Gasteiger partial charge in [0.15, 0.2) is 0 Å². The fraction of sp³-hybridized carbons (Fsp3) is 0. The number of hydrogen-bond acceptors (Lipinski definition) is 1. The number of carbonyl (C=O) groups excluding carboxylic acids is 1. The maximum absolute atomic E-state index is 11.6. The molecule has 0 spiro atoms. The zero-order valence-electron chi connectivity index (χ0n) is 9.91. The molecule has 0 atom stereocenters. The van der Waals surface area contributed by atoms with Crippen LogP contribution < -0.4 is 10.6 Å². The molecule has 2 amide bonds. The topological polar surface area (TPSA) is 46.3 Å². The molecule has 2 N–H and O–H groups in total. The van der Waals surface area contributed by atoms with Crippen LogP contribution in [0.25, 0.3) is 5.70 Å². The molecule has 3 nitrogen and oxygen atoms in total. The third kappa shape index (κ3) is 2.40. The Balaban J connectivity index is 2.39. The summed E-state index contributed by atoms with van der Waals surface area (Å²) in [5, 5.41) is 0. The molecule has 3 heteroatoms. The van der Waals surface area contributed by atoms with E-state index in [9.17, 15) is 4.79 Å². The number of nitrogens with two attached hydrogens (primary N) is 1. The number of primary amides is 1. The molecule has 2 aromatic carbocycles. The quantitative estimate of drug-likeness (QED) is 0.876. The average molecular weight is 238 g/mol. The minimum Gasteiger partial charge on any atom is -0.351 e. The van der Waals surface area contributed by atoms with E-state index in [2.05, 4.69) is 6.58 Å². The van der Waals surface area contributed by atoms with Crippen LogP contribution in [0.15, 0.2) is 67.2 Å². The van der Waals surface area contributed by atoms with Crippen molar-refractivity contribution in [3.63, 3.8) is 0 Å². The summed E-state index contributed by atoms with van der Waals surface area (Å²) in [7, 11) is 0. The number of nitrogens with zero attached hydrogens (tertiary/aromatic N) is 1. The molecule has 0 aliphatic heterocycles. The Morgan fingerprint density at radius 2 is 1.44 bits per heavy atom. The minimum atomic E-state index is -0.546. The zero-order valence-corrected chi connectivity index (χ0v) is 9.91. The predicted octanol–water partition coefficient (Wildman–Crippen LogP) is 3.24. The lowest BCUT2D eigenvalue weighted by Gasteiger charge is -2.22. The highest BCUT2D eigenvalue weighted by Crippen LogP contribution is 2.24. The lowest BCUT2D eigenvalue weighted by atomic mass is 10.1. The van der Waals surface area contributed by atoms with E-state index in [0.717, 1.165) is 5.56 Å². The number of benzene rings is 2. The Kier molecular flexibility index (Phi) is 3.44. The SMILES string of the molecule is C=C(c1ccccc1)N(C(N)=O)c1ccccc1. The predicted molar refractivity (Wildman–Crippen MR) is 74.0 cm³/mol. The molecule has 0 heterocycles. The fourth-order valence-electron chi connectivity index (χ4n) is 1.75. The summed E-state index contributed by atoms with van der Waals surface area (Å²) >= 11 is 0. The molecule has 0 aliphatic carbocycles. The summed E-state index contributed by atoms with van der Waals surface area (Å²) in [5.74, 6) is 0. The maximum atomic E-state index is 11.6. The summed E-state index contributed by atoms with van der Waals surface area (Å²) in [6.07, 6.45) is 0. The lowest BCUT2D eigenvalue weighted by molar-refractivity contribution is 0.256. The Labute approximate surface area is 106 Å². The summed E-state index contributed by atoms with van der Waals surface area (Å²) in [4.78, 5) is 13.0. The molecular weight excluding hydrogens is 224 g/mol. The van der Waals surface area contributed by atoms with Crippen LogP contribution in [-0.2, 0) is 0 Å². The van der Waals surface area contributed by atoms with E-state index < -0.39 is 6.03 Å². The number of para-hydroxylation sites is 1. The number of amides is 2. The Bertz CT molecular complexity index is 549. The third-order valence-electron chi connectivity index (χ3n) is 2.61. The fourth-order valence-corrected chi connectivity index (χ4v) is 1.75. The molecule has 0 radical (unpaired) electrons. The first-order chi connectivity index (χ1) is 8.70. The van der Waals surface area contributed by atoms with E-state index in [-0.39, 0.29) is 0 Å². The summed E-state index contributed by atoms with van der Waals surface area (Å²) < 4.78 is 0. The number of urea groups is 1. The van der Waals surface area contributed by atoms with Crippen molar-refractivity contribution in [2.45, 2.75) is 0 Å². The lowest BCUT2D eigenvalue weighted by Crippen LogP contribution is -2.33. The van der Waals surface area contributed by atoms with Crippen LogP contribution in [0.3, 0.4) is 0 Å². The molecule has 0 aromatic heterocycles. The van der Waals surface area contributed by atoms with Crippen molar-refractivity contribution >= 4 is 17.4 Å². The van der Waals surface area contributed by atoms with Gasteiger partial charge in [0.1, 0.15) is 0 Å². The van der Waals surface area contributed by atoms with Gasteiger partial charge in [-0.05, 0) is 17.7 Å². The number of hydrogen-bond donors (Lipinski definition) is 1. The van der Waals surface area contributed by atoms with Gasteiger partial charge in [0.25, 0.3) is 0 Å². The average Bonchev–Trinajstić information content (AvgIpc) is 2.40. The Hall–Kier alpha value is -2.55. The van der Waals surface area contributed by atoms with Gasteiger partial charge in [-0.15, -0.1) is 0 Å². The largest absolute Gasteiger partial charge is 0.351 e. The number of rotatable bonds is 3. The first-order valence-corrected chi connectivity index (χ1v) is 5.59. The summed E-state index contributed by atoms with van der Waals surface area (Å²) in [6.45, 7) is 3.95. The van der Waals surface area contributed by atoms with E-state index in [1.54, 1.807) is 0 Å². The zero-order chi connectivity index (χ0) is 13.0. The van der Waals surface area contributed by atoms with Gasteiger partial charge < -0.3 is 5.73 Å². The first-order valence-electron chi connectivity index (χ1n) is 5.59. The second kappa shape index (κ2) is 5.19. The van der Waals surface area contributed by atoms with Gasteiger partial charge >= 0.3 is 6.03 Å². The van der Waals surface area contributed by atoms with Gasteiger partial charge in [-0.2, -0.15) is 0 Å². The van der Waals surface area contributed by atoms with Gasteiger partial charge in [0.05, 0.1) is 11.4 Å². The van der Waals surface area contributed by atoms with Crippen LogP contribution in [-0.4, -0.2) is 6.03 Å². The van der Waals surface area contributed by atoms with Gasteiger partial charge in [-0.1, -0.05) is 55.1 Å². The number of carbonyl (C=O) groups is 1. The van der Waals surface area contributed by atoms with Crippen LogP contribution in [0.5, 0.6) is 0 Å². The molecular formula is C15H14N2O. The van der Waals surface area contributed by atoms with E-state index in [1.807, 2.05) is 60.7 Å². The molecule has 18 heavy (non-hydrogen) atoms. The Morgan fingerprint density at radius 3 is 1.94 bits per heavy atom.